The number of hydrogen-bond acceptors (Lipinski definition) is 15. The molecule has 0 fully saturated rings. The van der Waals surface area contributed by atoms with Gasteiger partial charge in [-0.25, -0.2) is 9.13 Å². The molecule has 19 heteroatoms. The molecule has 89 heavy (non-hydrogen) atoms. The number of aliphatic hydroxyl groups excluding tert-OH is 1. The number of aliphatic hydroxyl groups is 1. The van der Waals surface area contributed by atoms with Crippen LogP contribution in [0.4, 0.5) is 0 Å². The first-order valence-electron chi connectivity index (χ1n) is 36.5. The summed E-state index contributed by atoms with van der Waals surface area (Å²) in [6, 6.07) is 0. The van der Waals surface area contributed by atoms with Crippen LogP contribution in [-0.4, -0.2) is 96.7 Å². The SMILES string of the molecule is CCCCCCCCCCCCCCCCCC(=O)OC[C@H](COP(=O)(O)OC[C@@H](O)COP(=O)(O)OC[C@@H](COC(=O)CCCCCCCCC)OC(=O)CCCCCCCCCCC(C)CC)OC(=O)CCCCCCCCCCCCCCC(C)C. The third-order valence-electron chi connectivity index (χ3n) is 16.6. The lowest BCUT2D eigenvalue weighted by molar-refractivity contribution is -0.161. The third kappa shape index (κ3) is 63.2. The van der Waals surface area contributed by atoms with Gasteiger partial charge in [0.05, 0.1) is 26.4 Å². The number of carbonyl (C=O) groups is 4. The zero-order valence-corrected chi connectivity index (χ0v) is 59.5. The Labute approximate surface area is 543 Å². The molecule has 0 aromatic heterocycles. The zero-order valence-electron chi connectivity index (χ0n) is 57.7. The molecule has 0 amide bonds. The number of phosphoric ester groups is 2. The van der Waals surface area contributed by atoms with Gasteiger partial charge in [-0.1, -0.05) is 305 Å². The van der Waals surface area contributed by atoms with Gasteiger partial charge in [0.1, 0.15) is 19.3 Å². The van der Waals surface area contributed by atoms with Crippen molar-refractivity contribution < 1.29 is 80.2 Å². The minimum Gasteiger partial charge on any atom is -0.462 e. The van der Waals surface area contributed by atoms with E-state index in [0.717, 1.165) is 115 Å². The lowest BCUT2D eigenvalue weighted by Crippen LogP contribution is -2.30. The van der Waals surface area contributed by atoms with Gasteiger partial charge in [-0.2, -0.15) is 0 Å². The summed E-state index contributed by atoms with van der Waals surface area (Å²) in [5.41, 5.74) is 0. The highest BCUT2D eigenvalue weighted by Crippen LogP contribution is 2.45. The Bertz CT molecular complexity index is 1740. The predicted molar refractivity (Wildman–Crippen MR) is 358 cm³/mol. The number of phosphoric acid groups is 2. The van der Waals surface area contributed by atoms with E-state index >= 15 is 0 Å². The van der Waals surface area contributed by atoms with Crippen molar-refractivity contribution in [1.29, 1.82) is 0 Å². The summed E-state index contributed by atoms with van der Waals surface area (Å²) in [5.74, 6) is -0.582. The average molecular weight is 1310 g/mol. The van der Waals surface area contributed by atoms with Crippen LogP contribution >= 0.6 is 15.6 Å². The van der Waals surface area contributed by atoms with E-state index in [-0.39, 0.29) is 25.7 Å². The molecule has 0 saturated carbocycles. The molecule has 0 spiro atoms. The maximum absolute atomic E-state index is 13.0. The Kier molecular flexibility index (Phi) is 60.8. The Hall–Kier alpha value is -1.94. The fourth-order valence-corrected chi connectivity index (χ4v) is 12.1. The fraction of sp³-hybridized carbons (Fsp3) is 0.943. The molecule has 0 aromatic rings. The van der Waals surface area contributed by atoms with Crippen molar-refractivity contribution in [1.82, 2.24) is 0 Å². The molecule has 0 bridgehead atoms. The minimum atomic E-state index is -4.95. The van der Waals surface area contributed by atoms with Gasteiger partial charge in [0.15, 0.2) is 12.2 Å². The maximum atomic E-state index is 13.0. The summed E-state index contributed by atoms with van der Waals surface area (Å²) in [6.45, 7) is 9.52. The number of ether oxygens (including phenoxy) is 4. The number of carbonyl (C=O) groups excluding carboxylic acids is 4. The van der Waals surface area contributed by atoms with Gasteiger partial charge in [0.25, 0.3) is 0 Å². The maximum Gasteiger partial charge on any atom is 0.472 e. The fourth-order valence-electron chi connectivity index (χ4n) is 10.6. The first-order valence-corrected chi connectivity index (χ1v) is 39.5. The van der Waals surface area contributed by atoms with Gasteiger partial charge in [0.2, 0.25) is 0 Å². The number of esters is 4. The molecule has 17 nitrogen and oxygen atoms in total. The molecule has 528 valence electrons. The van der Waals surface area contributed by atoms with Crippen LogP contribution in [-0.2, 0) is 65.4 Å². The molecule has 6 atom stereocenters. The minimum absolute atomic E-state index is 0.105. The van der Waals surface area contributed by atoms with Gasteiger partial charge in [-0.15, -0.1) is 0 Å². The molecule has 0 aromatic carbocycles. The van der Waals surface area contributed by atoms with Crippen LogP contribution in [0.1, 0.15) is 356 Å². The molecule has 0 aliphatic rings. The largest absolute Gasteiger partial charge is 0.472 e. The van der Waals surface area contributed by atoms with Crippen molar-refractivity contribution in [3.05, 3.63) is 0 Å². The topological polar surface area (TPSA) is 237 Å². The van der Waals surface area contributed by atoms with E-state index in [1.54, 1.807) is 0 Å². The number of unbranched alkanes of at least 4 members (excludes halogenated alkanes) is 38. The molecular formula is C70H136O17P2. The molecule has 0 radical (unpaired) electrons. The molecule has 3 N–H and O–H groups in total. The van der Waals surface area contributed by atoms with Gasteiger partial charge in [-0.05, 0) is 37.5 Å². The molecular weight excluding hydrogens is 1170 g/mol. The van der Waals surface area contributed by atoms with E-state index in [4.69, 9.17) is 37.0 Å². The third-order valence-corrected chi connectivity index (χ3v) is 18.5. The molecule has 0 heterocycles. The summed E-state index contributed by atoms with van der Waals surface area (Å²) in [4.78, 5) is 72.4. The molecule has 0 rings (SSSR count). The lowest BCUT2D eigenvalue weighted by atomic mass is 9.99. The zero-order chi connectivity index (χ0) is 65.7. The number of hydrogen-bond donors (Lipinski definition) is 3. The second-order valence-corrected chi connectivity index (χ2v) is 28.9. The van der Waals surface area contributed by atoms with Crippen molar-refractivity contribution in [2.24, 2.45) is 11.8 Å². The normalized spacial score (nSPS) is 14.4. The van der Waals surface area contributed by atoms with Crippen LogP contribution < -0.4 is 0 Å². The second-order valence-electron chi connectivity index (χ2n) is 26.0. The van der Waals surface area contributed by atoms with E-state index in [1.807, 2.05) is 0 Å². The van der Waals surface area contributed by atoms with Crippen LogP contribution in [0.5, 0.6) is 0 Å². The van der Waals surface area contributed by atoms with Crippen LogP contribution in [0.25, 0.3) is 0 Å². The highest BCUT2D eigenvalue weighted by Gasteiger charge is 2.30. The average Bonchev–Trinajstić information content (AvgIpc) is 3.69. The molecule has 3 unspecified atom stereocenters. The van der Waals surface area contributed by atoms with Gasteiger partial charge in [-0.3, -0.25) is 37.3 Å². The molecule has 0 aliphatic heterocycles. The Morgan fingerprint density at radius 2 is 0.573 bits per heavy atom. The second kappa shape index (κ2) is 62.2. The van der Waals surface area contributed by atoms with E-state index in [0.29, 0.717) is 25.7 Å². The Morgan fingerprint density at radius 3 is 0.854 bits per heavy atom. The summed E-state index contributed by atoms with van der Waals surface area (Å²) in [5, 5.41) is 10.6. The van der Waals surface area contributed by atoms with Gasteiger partial charge >= 0.3 is 39.5 Å². The predicted octanol–water partition coefficient (Wildman–Crippen LogP) is 20.0. The molecule has 0 aliphatic carbocycles. The van der Waals surface area contributed by atoms with Crippen molar-refractivity contribution in [3.63, 3.8) is 0 Å². The van der Waals surface area contributed by atoms with E-state index < -0.39 is 97.5 Å². The van der Waals surface area contributed by atoms with Gasteiger partial charge < -0.3 is 33.8 Å². The van der Waals surface area contributed by atoms with E-state index in [1.165, 1.54) is 161 Å². The monoisotopic (exact) mass is 1310 g/mol. The highest BCUT2D eigenvalue weighted by atomic mass is 31.2. The van der Waals surface area contributed by atoms with E-state index in [2.05, 4.69) is 41.5 Å². The summed E-state index contributed by atoms with van der Waals surface area (Å²) in [7, 11) is -9.90. The van der Waals surface area contributed by atoms with Crippen LogP contribution in [0, 0.1) is 11.8 Å². The summed E-state index contributed by atoms with van der Waals surface area (Å²) in [6.07, 6.45) is 47.2. The standard InChI is InChI=1S/C70H136O17P2/c1-7-10-12-14-16-17-18-19-20-21-25-28-35-41-47-53-68(73)81-59-66(86-69(74)54-48-42-36-29-26-23-22-24-27-33-38-44-50-62(4)5)61-85-89(78,79)83-57-64(71)56-82-88(76,77)84-60-65(58-80-67(72)52-46-40-32-15-13-11-8-2)87-70(75)55-49-43-37-31-30-34-39-45-51-63(6)9-3/h62-66,71H,7-61H2,1-6H3,(H,76,77)(H,78,79)/t63?,64-,65+,66+/m0/s1. The molecule has 0 saturated heterocycles. The quantitative estimate of drug-likeness (QED) is 0.0222. The first kappa shape index (κ1) is 87.1. The van der Waals surface area contributed by atoms with Crippen LogP contribution in [0.15, 0.2) is 0 Å². The van der Waals surface area contributed by atoms with Crippen molar-refractivity contribution in [3.8, 4) is 0 Å². The van der Waals surface area contributed by atoms with Gasteiger partial charge in [0, 0.05) is 25.7 Å². The smallest absolute Gasteiger partial charge is 0.462 e. The summed E-state index contributed by atoms with van der Waals surface area (Å²) < 4.78 is 68.2. The summed E-state index contributed by atoms with van der Waals surface area (Å²) >= 11 is 0. The van der Waals surface area contributed by atoms with Crippen LogP contribution in [0.2, 0.25) is 0 Å². The number of rotatable bonds is 69. The highest BCUT2D eigenvalue weighted by molar-refractivity contribution is 7.47. The van der Waals surface area contributed by atoms with Crippen molar-refractivity contribution >= 4 is 39.5 Å². The van der Waals surface area contributed by atoms with E-state index in [9.17, 15) is 43.2 Å². The van der Waals surface area contributed by atoms with Crippen molar-refractivity contribution in [2.45, 2.75) is 374 Å². The van der Waals surface area contributed by atoms with Crippen molar-refractivity contribution in [2.75, 3.05) is 39.6 Å². The van der Waals surface area contributed by atoms with Crippen LogP contribution in [0.3, 0.4) is 0 Å². The first-order chi connectivity index (χ1) is 42.9. The Balaban J connectivity index is 5.22. The Morgan fingerprint density at radius 1 is 0.326 bits per heavy atom. The lowest BCUT2D eigenvalue weighted by Gasteiger charge is -2.21.